The zero-order valence-electron chi connectivity index (χ0n) is 10.2. The maximum atomic E-state index is 13.8. The van der Waals surface area contributed by atoms with Crippen LogP contribution in [0.1, 0.15) is 50.6 Å². The highest BCUT2D eigenvalue weighted by atomic mass is 19.1. The zero-order chi connectivity index (χ0) is 12.3. The van der Waals surface area contributed by atoms with Crippen LogP contribution >= 0.6 is 0 Å². The average molecular weight is 237 g/mol. The fraction of sp³-hybridized carbons (Fsp3) is 0.615. The summed E-state index contributed by atoms with van der Waals surface area (Å²) in [6, 6.07) is 1.62. The van der Waals surface area contributed by atoms with E-state index in [1.54, 1.807) is 12.3 Å². The first-order chi connectivity index (χ1) is 8.23. The molecule has 0 aliphatic heterocycles. The number of pyridine rings is 1. The Balaban J connectivity index is 2.36. The maximum absolute atomic E-state index is 13.8. The molecule has 0 amide bonds. The molecular formula is C13H20FN3. The monoisotopic (exact) mass is 237 g/mol. The van der Waals surface area contributed by atoms with E-state index >= 15 is 0 Å². The average Bonchev–Trinajstić information content (AvgIpc) is 2.82. The zero-order valence-corrected chi connectivity index (χ0v) is 10.2. The van der Waals surface area contributed by atoms with Gasteiger partial charge in [-0.05, 0) is 30.7 Å². The Hall–Kier alpha value is -1.00. The quantitative estimate of drug-likeness (QED) is 0.625. The normalized spacial score (nSPS) is 20.4. The van der Waals surface area contributed by atoms with Gasteiger partial charge in [0.1, 0.15) is 5.82 Å². The number of aromatic nitrogens is 1. The van der Waals surface area contributed by atoms with Crippen LogP contribution in [0.15, 0.2) is 18.5 Å². The SMILES string of the molecule is CCC1(C(NN)c2ccncc2F)CCCC1. The molecule has 17 heavy (non-hydrogen) atoms. The van der Waals surface area contributed by atoms with Crippen LogP contribution in [-0.4, -0.2) is 4.98 Å². The summed E-state index contributed by atoms with van der Waals surface area (Å²) in [4.78, 5) is 3.79. The molecule has 1 heterocycles. The molecule has 1 fully saturated rings. The van der Waals surface area contributed by atoms with Crippen LogP contribution in [0.2, 0.25) is 0 Å². The van der Waals surface area contributed by atoms with Crippen molar-refractivity contribution in [2.75, 3.05) is 0 Å². The maximum Gasteiger partial charge on any atom is 0.146 e. The number of hydrogen-bond donors (Lipinski definition) is 2. The smallest absolute Gasteiger partial charge is 0.146 e. The summed E-state index contributed by atoms with van der Waals surface area (Å²) in [6.45, 7) is 2.16. The minimum Gasteiger partial charge on any atom is -0.271 e. The lowest BCUT2D eigenvalue weighted by atomic mass is 9.74. The highest BCUT2D eigenvalue weighted by Gasteiger charge is 2.41. The molecule has 1 aliphatic carbocycles. The van der Waals surface area contributed by atoms with Crippen LogP contribution in [0.4, 0.5) is 4.39 Å². The third-order valence-corrected chi connectivity index (χ3v) is 4.20. The first-order valence-corrected chi connectivity index (χ1v) is 6.29. The van der Waals surface area contributed by atoms with Gasteiger partial charge in [0, 0.05) is 11.8 Å². The Labute approximate surface area is 102 Å². The van der Waals surface area contributed by atoms with Crippen molar-refractivity contribution >= 4 is 0 Å². The van der Waals surface area contributed by atoms with Crippen LogP contribution in [-0.2, 0) is 0 Å². The van der Waals surface area contributed by atoms with Crippen molar-refractivity contribution in [1.82, 2.24) is 10.4 Å². The van der Waals surface area contributed by atoms with Crippen molar-refractivity contribution in [3.63, 3.8) is 0 Å². The van der Waals surface area contributed by atoms with Gasteiger partial charge in [-0.1, -0.05) is 19.8 Å². The number of hydrazine groups is 1. The number of nitrogens with two attached hydrogens (primary N) is 1. The highest BCUT2D eigenvalue weighted by molar-refractivity contribution is 5.21. The van der Waals surface area contributed by atoms with Crippen molar-refractivity contribution in [2.45, 2.75) is 45.1 Å². The first-order valence-electron chi connectivity index (χ1n) is 6.29. The van der Waals surface area contributed by atoms with E-state index in [0.29, 0.717) is 5.56 Å². The van der Waals surface area contributed by atoms with E-state index in [1.807, 2.05) is 0 Å². The molecule has 3 N–H and O–H groups in total. The second-order valence-electron chi connectivity index (χ2n) is 4.92. The van der Waals surface area contributed by atoms with Crippen molar-refractivity contribution in [3.8, 4) is 0 Å². The molecular weight excluding hydrogens is 217 g/mol. The van der Waals surface area contributed by atoms with Crippen molar-refractivity contribution < 1.29 is 4.39 Å². The molecule has 1 aromatic heterocycles. The summed E-state index contributed by atoms with van der Waals surface area (Å²) in [5.41, 5.74) is 3.56. The number of hydrogen-bond acceptors (Lipinski definition) is 3. The lowest BCUT2D eigenvalue weighted by Crippen LogP contribution is -2.40. The Morgan fingerprint density at radius 2 is 2.24 bits per heavy atom. The Kier molecular flexibility index (Phi) is 3.74. The van der Waals surface area contributed by atoms with Crippen molar-refractivity contribution in [2.24, 2.45) is 11.3 Å². The molecule has 3 nitrogen and oxygen atoms in total. The lowest BCUT2D eigenvalue weighted by molar-refractivity contribution is 0.184. The first kappa shape index (κ1) is 12.5. The lowest BCUT2D eigenvalue weighted by Gasteiger charge is -2.36. The third kappa shape index (κ3) is 2.19. The second kappa shape index (κ2) is 5.10. The Morgan fingerprint density at radius 1 is 1.53 bits per heavy atom. The van der Waals surface area contributed by atoms with Gasteiger partial charge in [-0.15, -0.1) is 0 Å². The molecule has 1 atom stereocenters. The van der Waals surface area contributed by atoms with E-state index in [1.165, 1.54) is 19.0 Å². The van der Waals surface area contributed by atoms with Gasteiger partial charge in [-0.25, -0.2) is 4.39 Å². The largest absolute Gasteiger partial charge is 0.271 e. The van der Waals surface area contributed by atoms with Gasteiger partial charge in [0.25, 0.3) is 0 Å². The van der Waals surface area contributed by atoms with Gasteiger partial charge in [-0.3, -0.25) is 16.3 Å². The molecule has 1 unspecified atom stereocenters. The van der Waals surface area contributed by atoms with E-state index in [2.05, 4.69) is 17.3 Å². The standard InChI is InChI=1S/C13H20FN3/c1-2-13(6-3-4-7-13)12(17-15)10-5-8-16-9-11(10)14/h5,8-9,12,17H,2-4,6-7,15H2,1H3. The van der Waals surface area contributed by atoms with Crippen LogP contribution in [0.5, 0.6) is 0 Å². The molecule has 0 spiro atoms. The van der Waals surface area contributed by atoms with Crippen LogP contribution in [0.3, 0.4) is 0 Å². The molecule has 1 aliphatic rings. The summed E-state index contributed by atoms with van der Waals surface area (Å²) in [5.74, 6) is 5.41. The fourth-order valence-corrected chi connectivity index (χ4v) is 3.14. The summed E-state index contributed by atoms with van der Waals surface area (Å²) in [6.07, 6.45) is 8.54. The van der Waals surface area contributed by atoms with Crippen LogP contribution in [0, 0.1) is 11.2 Å². The fourth-order valence-electron chi connectivity index (χ4n) is 3.14. The second-order valence-corrected chi connectivity index (χ2v) is 4.92. The van der Waals surface area contributed by atoms with E-state index < -0.39 is 0 Å². The van der Waals surface area contributed by atoms with E-state index in [9.17, 15) is 4.39 Å². The number of halogens is 1. The van der Waals surface area contributed by atoms with Gasteiger partial charge in [0.2, 0.25) is 0 Å². The van der Waals surface area contributed by atoms with Gasteiger partial charge in [0.05, 0.1) is 12.2 Å². The summed E-state index contributed by atoms with van der Waals surface area (Å²) >= 11 is 0. The minimum atomic E-state index is -0.268. The number of rotatable bonds is 4. The van der Waals surface area contributed by atoms with E-state index in [4.69, 9.17) is 5.84 Å². The van der Waals surface area contributed by atoms with Gasteiger partial charge < -0.3 is 0 Å². The molecule has 94 valence electrons. The van der Waals surface area contributed by atoms with Crippen LogP contribution in [0.25, 0.3) is 0 Å². The third-order valence-electron chi connectivity index (χ3n) is 4.20. The number of nitrogens with zero attached hydrogens (tertiary/aromatic N) is 1. The van der Waals surface area contributed by atoms with Crippen molar-refractivity contribution in [1.29, 1.82) is 0 Å². The Bertz CT molecular complexity index is 375. The molecule has 1 aromatic rings. The Morgan fingerprint density at radius 3 is 2.76 bits per heavy atom. The molecule has 4 heteroatoms. The predicted octanol–water partition coefficient (Wildman–Crippen LogP) is 2.70. The van der Waals surface area contributed by atoms with Gasteiger partial charge in [0.15, 0.2) is 0 Å². The minimum absolute atomic E-state index is 0.0942. The molecule has 2 rings (SSSR count). The van der Waals surface area contributed by atoms with Crippen LogP contribution < -0.4 is 11.3 Å². The molecule has 0 bridgehead atoms. The molecule has 0 radical (unpaired) electrons. The van der Waals surface area contributed by atoms with E-state index in [0.717, 1.165) is 19.3 Å². The summed E-state index contributed by atoms with van der Waals surface area (Å²) in [5, 5.41) is 0. The summed E-state index contributed by atoms with van der Waals surface area (Å²) in [7, 11) is 0. The predicted molar refractivity (Wildman–Crippen MR) is 65.5 cm³/mol. The summed E-state index contributed by atoms with van der Waals surface area (Å²) < 4.78 is 13.8. The molecule has 0 saturated heterocycles. The highest BCUT2D eigenvalue weighted by Crippen LogP contribution is 2.49. The van der Waals surface area contributed by atoms with Crippen molar-refractivity contribution in [3.05, 3.63) is 29.8 Å². The number of nitrogens with one attached hydrogen (secondary N) is 1. The van der Waals surface area contributed by atoms with E-state index in [-0.39, 0.29) is 17.3 Å². The molecule has 1 saturated carbocycles. The van der Waals surface area contributed by atoms with Gasteiger partial charge >= 0.3 is 0 Å². The molecule has 0 aromatic carbocycles. The van der Waals surface area contributed by atoms with Gasteiger partial charge in [-0.2, -0.15) is 0 Å². The topological polar surface area (TPSA) is 50.9 Å².